The minimum atomic E-state index is -3.36. The minimum absolute atomic E-state index is 0.0345. The average molecular weight is 405 g/mol. The van der Waals surface area contributed by atoms with Gasteiger partial charge in [0.25, 0.3) is 10.0 Å². The maximum atomic E-state index is 12.0. The number of nitrogens with zero attached hydrogens (tertiary/aromatic N) is 2. The molecule has 1 aromatic rings. The van der Waals surface area contributed by atoms with Crippen LogP contribution in [0.4, 0.5) is 0 Å². The Morgan fingerprint density at radius 3 is 2.57 bits per heavy atom. The molecule has 3 fully saturated rings. The predicted molar refractivity (Wildman–Crippen MR) is 109 cm³/mol. The lowest BCUT2D eigenvalue weighted by molar-refractivity contribution is -0.116. The highest BCUT2D eigenvalue weighted by atomic mass is 32.2. The fourth-order valence-electron chi connectivity index (χ4n) is 7.44. The smallest absolute Gasteiger partial charge is 0.250 e. The maximum absolute atomic E-state index is 12.0. The van der Waals surface area contributed by atoms with Crippen LogP contribution in [0.1, 0.15) is 70.6 Å². The van der Waals surface area contributed by atoms with Crippen molar-refractivity contribution in [2.45, 2.75) is 71.3 Å². The van der Waals surface area contributed by atoms with E-state index in [1.54, 1.807) is 6.20 Å². The van der Waals surface area contributed by atoms with E-state index in [-0.39, 0.29) is 10.8 Å². The number of fused-ring (bicyclic) bond motifs is 6. The fourth-order valence-corrected chi connectivity index (χ4v) is 7.99. The molecule has 0 saturated heterocycles. The molecule has 6 heteroatoms. The number of allylic oxidation sites excluding steroid dienone is 1. The van der Waals surface area contributed by atoms with Gasteiger partial charge in [-0.15, -0.1) is 0 Å². The predicted octanol–water partition coefficient (Wildman–Crippen LogP) is 3.62. The van der Waals surface area contributed by atoms with Crippen molar-refractivity contribution in [2.24, 2.45) is 28.6 Å². The molecule has 0 spiro atoms. The summed E-state index contributed by atoms with van der Waals surface area (Å²) in [4.78, 5) is 0. The van der Waals surface area contributed by atoms with E-state index in [1.807, 2.05) is 0 Å². The summed E-state index contributed by atoms with van der Waals surface area (Å²) in [6.07, 6.45) is 12.5. The van der Waals surface area contributed by atoms with E-state index in [0.29, 0.717) is 17.8 Å². The summed E-state index contributed by atoms with van der Waals surface area (Å²) >= 11 is 0. The summed E-state index contributed by atoms with van der Waals surface area (Å²) in [5, 5.41) is 15.4. The van der Waals surface area contributed by atoms with Crippen molar-refractivity contribution in [3.8, 4) is 0 Å². The zero-order valence-electron chi connectivity index (χ0n) is 17.4. The summed E-state index contributed by atoms with van der Waals surface area (Å²) < 4.78 is 25.0. The normalized spacial score (nSPS) is 44.9. The third-order valence-electron chi connectivity index (χ3n) is 9.31. The second kappa shape index (κ2) is 5.51. The van der Waals surface area contributed by atoms with Crippen LogP contribution in [-0.2, 0) is 16.4 Å². The van der Waals surface area contributed by atoms with Crippen molar-refractivity contribution < 1.29 is 13.5 Å². The summed E-state index contributed by atoms with van der Waals surface area (Å²) in [5.41, 5.74) is 2.91. The summed E-state index contributed by atoms with van der Waals surface area (Å²) in [5.74, 6) is 1.86. The number of aromatic nitrogens is 2. The van der Waals surface area contributed by atoms with Crippen LogP contribution in [0.2, 0.25) is 0 Å². The van der Waals surface area contributed by atoms with Gasteiger partial charge >= 0.3 is 0 Å². The van der Waals surface area contributed by atoms with Crippen molar-refractivity contribution >= 4 is 16.1 Å². The van der Waals surface area contributed by atoms with Crippen LogP contribution in [0.5, 0.6) is 0 Å². The Morgan fingerprint density at radius 1 is 1.14 bits per heavy atom. The molecule has 4 aliphatic carbocycles. The van der Waals surface area contributed by atoms with Gasteiger partial charge in [-0.1, -0.05) is 19.4 Å². The summed E-state index contributed by atoms with van der Waals surface area (Å²) in [6.45, 7) is 6.77. The van der Waals surface area contributed by atoms with E-state index in [1.165, 1.54) is 18.2 Å². The zero-order chi connectivity index (χ0) is 20.1. The fraction of sp³-hybridized carbons (Fsp3) is 0.773. The first kappa shape index (κ1) is 18.9. The first-order valence-electron chi connectivity index (χ1n) is 10.7. The average Bonchev–Trinajstić information content (AvgIpc) is 3.10. The maximum Gasteiger partial charge on any atom is 0.250 e. The highest BCUT2D eigenvalue weighted by Gasteiger charge is 2.62. The second-order valence-electron chi connectivity index (χ2n) is 10.6. The topological polar surface area (TPSA) is 72.2 Å². The van der Waals surface area contributed by atoms with Gasteiger partial charge in [-0.2, -0.15) is 9.19 Å². The van der Waals surface area contributed by atoms with Crippen LogP contribution < -0.4 is 0 Å². The highest BCUT2D eigenvalue weighted by Crippen LogP contribution is 2.67. The molecule has 0 aliphatic heterocycles. The molecule has 0 radical (unpaired) electrons. The van der Waals surface area contributed by atoms with E-state index in [9.17, 15) is 13.5 Å². The molecule has 6 atom stereocenters. The van der Waals surface area contributed by atoms with Gasteiger partial charge in [0.05, 0.1) is 17.6 Å². The SMILES string of the molecule is C[C@]12Cc3cn(S(C)(=O)=O)nc3C=C1CCC1C2CC[C@@]2(C)C1CC[C@]2(C)O. The van der Waals surface area contributed by atoms with Gasteiger partial charge in [0.15, 0.2) is 0 Å². The molecule has 28 heavy (non-hydrogen) atoms. The van der Waals surface area contributed by atoms with E-state index >= 15 is 0 Å². The number of aliphatic hydroxyl groups is 1. The molecular formula is C22H32N2O3S. The first-order valence-corrected chi connectivity index (χ1v) is 12.5. The summed E-state index contributed by atoms with van der Waals surface area (Å²) in [6, 6.07) is 0. The number of rotatable bonds is 1. The standard InChI is InChI=1S/C22H32N2O3S/c1-20-12-14-13-24(28(4,26)27)23-19(14)11-15(20)5-6-16-17(20)7-9-21(2)18(16)8-10-22(21,3)25/h11,13,16-18,25H,5-10,12H2,1-4H3/t16?,17?,18?,20-,21-,22-/m0/s1. The number of hydrogen-bond acceptors (Lipinski definition) is 4. The molecule has 0 bridgehead atoms. The molecule has 5 rings (SSSR count). The van der Waals surface area contributed by atoms with Crippen molar-refractivity contribution in [2.75, 3.05) is 6.26 Å². The Morgan fingerprint density at radius 2 is 1.86 bits per heavy atom. The molecule has 1 aromatic heterocycles. The van der Waals surface area contributed by atoms with Crippen LogP contribution in [0.3, 0.4) is 0 Å². The lowest BCUT2D eigenvalue weighted by Gasteiger charge is -2.58. The largest absolute Gasteiger partial charge is 0.390 e. The van der Waals surface area contributed by atoms with Gasteiger partial charge in [-0.25, -0.2) is 8.42 Å². The van der Waals surface area contributed by atoms with Gasteiger partial charge in [-0.3, -0.25) is 0 Å². The third-order valence-corrected chi connectivity index (χ3v) is 10.2. The second-order valence-corrected chi connectivity index (χ2v) is 12.5. The van der Waals surface area contributed by atoms with Crippen molar-refractivity contribution in [3.05, 3.63) is 23.0 Å². The molecule has 3 saturated carbocycles. The lowest BCUT2D eigenvalue weighted by atomic mass is 9.46. The van der Waals surface area contributed by atoms with Crippen molar-refractivity contribution in [1.29, 1.82) is 0 Å². The van der Waals surface area contributed by atoms with Gasteiger partial charge in [0, 0.05) is 6.20 Å². The first-order chi connectivity index (χ1) is 13.0. The van der Waals surface area contributed by atoms with Gasteiger partial charge in [0.1, 0.15) is 0 Å². The monoisotopic (exact) mass is 404 g/mol. The Hall–Kier alpha value is -1.14. The van der Waals surface area contributed by atoms with Crippen LogP contribution in [0.15, 0.2) is 11.8 Å². The molecule has 3 unspecified atom stereocenters. The Bertz CT molecular complexity index is 976. The molecule has 1 heterocycles. The van der Waals surface area contributed by atoms with Crippen LogP contribution in [0, 0.1) is 28.6 Å². The van der Waals surface area contributed by atoms with Gasteiger partial charge in [0.2, 0.25) is 0 Å². The number of hydrogen-bond donors (Lipinski definition) is 1. The lowest BCUT2D eigenvalue weighted by Crippen LogP contribution is -2.54. The Kier molecular flexibility index (Phi) is 3.71. The highest BCUT2D eigenvalue weighted by molar-refractivity contribution is 7.89. The molecule has 5 nitrogen and oxygen atoms in total. The summed E-state index contributed by atoms with van der Waals surface area (Å²) in [7, 11) is -3.36. The zero-order valence-corrected chi connectivity index (χ0v) is 18.2. The van der Waals surface area contributed by atoms with E-state index in [0.717, 1.165) is 53.9 Å². The Labute approximate surface area is 168 Å². The molecule has 1 N–H and O–H groups in total. The third kappa shape index (κ3) is 2.33. The molecular weight excluding hydrogens is 372 g/mol. The molecule has 0 amide bonds. The van der Waals surface area contributed by atoms with Crippen molar-refractivity contribution in [3.63, 3.8) is 0 Å². The van der Waals surface area contributed by atoms with E-state index < -0.39 is 15.6 Å². The van der Waals surface area contributed by atoms with Crippen LogP contribution in [-0.4, -0.2) is 34.6 Å². The van der Waals surface area contributed by atoms with Crippen molar-refractivity contribution in [1.82, 2.24) is 9.19 Å². The molecule has 154 valence electrons. The van der Waals surface area contributed by atoms with Gasteiger partial charge in [-0.05, 0) is 92.1 Å². The van der Waals surface area contributed by atoms with E-state index in [2.05, 4.69) is 31.9 Å². The van der Waals surface area contributed by atoms with Crippen LogP contribution >= 0.6 is 0 Å². The van der Waals surface area contributed by atoms with E-state index in [4.69, 9.17) is 0 Å². The minimum Gasteiger partial charge on any atom is -0.390 e. The molecule has 0 aromatic carbocycles. The molecule has 4 aliphatic rings. The quantitative estimate of drug-likeness (QED) is 0.776. The Balaban J connectivity index is 1.52. The van der Waals surface area contributed by atoms with Crippen LogP contribution in [0.25, 0.3) is 6.08 Å². The van der Waals surface area contributed by atoms with Gasteiger partial charge < -0.3 is 5.11 Å².